The van der Waals surface area contributed by atoms with Crippen LogP contribution in [0.4, 0.5) is 0 Å². The monoisotopic (exact) mass is 513 g/mol. The Kier molecular flexibility index (Phi) is 8.17. The van der Waals surface area contributed by atoms with Gasteiger partial charge in [0.2, 0.25) is 10.0 Å². The van der Waals surface area contributed by atoms with Gasteiger partial charge in [-0.15, -0.1) is 0 Å². The highest BCUT2D eigenvalue weighted by Crippen LogP contribution is 2.27. The number of rotatable bonds is 8. The van der Waals surface area contributed by atoms with Crippen LogP contribution in [0.1, 0.15) is 26.7 Å². The first-order chi connectivity index (χ1) is 15.5. The Labute approximate surface area is 201 Å². The number of likely N-dealkylation sites (tertiary alicyclic amines) is 1. The predicted molar refractivity (Wildman–Crippen MR) is 125 cm³/mol. The van der Waals surface area contributed by atoms with Crippen molar-refractivity contribution in [1.29, 1.82) is 0 Å². The predicted octanol–water partition coefficient (Wildman–Crippen LogP) is 3.02. The van der Waals surface area contributed by atoms with Gasteiger partial charge in [0.25, 0.3) is 5.91 Å². The lowest BCUT2D eigenvalue weighted by Gasteiger charge is -2.40. The third-order valence-corrected chi connectivity index (χ3v) is 8.26. The summed E-state index contributed by atoms with van der Waals surface area (Å²) >= 11 is 3.31. The number of halogens is 1. The van der Waals surface area contributed by atoms with Crippen molar-refractivity contribution in [3.05, 3.63) is 59.6 Å². The fourth-order valence-electron chi connectivity index (χ4n) is 3.78. The first kappa shape index (κ1) is 25.6. The fourth-order valence-corrected chi connectivity index (χ4v) is 6.51. The lowest BCUT2D eigenvalue weighted by Crippen LogP contribution is -2.54. The van der Waals surface area contributed by atoms with Gasteiger partial charge in [0.1, 0.15) is 5.75 Å². The molecule has 1 aliphatic rings. The minimum absolute atomic E-state index is 0.0338. The Morgan fingerprint density at radius 2 is 1.73 bits per heavy atom. The molecule has 0 aromatic heterocycles. The molecule has 1 amide bonds. The molecule has 1 aliphatic heterocycles. The van der Waals surface area contributed by atoms with Crippen molar-refractivity contribution < 1.29 is 26.7 Å². The van der Waals surface area contributed by atoms with Gasteiger partial charge in [-0.3, -0.25) is 9.00 Å². The van der Waals surface area contributed by atoms with E-state index in [-0.39, 0.29) is 23.9 Å². The Morgan fingerprint density at radius 3 is 2.27 bits per heavy atom. The van der Waals surface area contributed by atoms with Gasteiger partial charge in [-0.2, -0.15) is 4.31 Å². The molecule has 0 radical (unpaired) electrons. The van der Waals surface area contributed by atoms with Crippen LogP contribution in [0, 0.1) is 0 Å². The molecule has 1 atom stereocenters. The summed E-state index contributed by atoms with van der Waals surface area (Å²) in [4.78, 5) is 14.8. The number of carbonyl (C=O) groups excluding carboxylic acids is 1. The first-order valence-electron chi connectivity index (χ1n) is 10.4. The van der Waals surface area contributed by atoms with E-state index in [1.807, 2.05) is 0 Å². The Balaban J connectivity index is 1.70. The molecule has 1 saturated heterocycles. The number of nitrogens with zero attached hydrogens (tertiary/aromatic N) is 2. The number of ether oxygens (including phenoxy) is 1. The van der Waals surface area contributed by atoms with Gasteiger partial charge in [0.05, 0.1) is 10.8 Å². The fraction of sp³-hybridized carbons (Fsp3) is 0.409. The normalized spacial score (nSPS) is 16.6. The zero-order chi connectivity index (χ0) is 24.2. The van der Waals surface area contributed by atoms with E-state index < -0.39 is 38.6 Å². The summed E-state index contributed by atoms with van der Waals surface area (Å²) < 4.78 is 56.0. The lowest BCUT2D eigenvalue weighted by molar-refractivity contribution is -0.146. The SMILES string of the molecule is CC(C)(Oc1ccc(Cl)cc1)C(=O)N1CCC(N(CS(=O)[O-])S(=O)(=O)c2ccccc2)CC1. The van der Waals surface area contributed by atoms with Gasteiger partial charge in [-0.25, -0.2) is 8.42 Å². The second-order valence-corrected chi connectivity index (χ2v) is 11.4. The summed E-state index contributed by atoms with van der Waals surface area (Å²) in [6.45, 7) is 3.90. The Morgan fingerprint density at radius 1 is 1.15 bits per heavy atom. The van der Waals surface area contributed by atoms with Crippen molar-refractivity contribution in [2.24, 2.45) is 0 Å². The number of amides is 1. The zero-order valence-corrected chi connectivity index (χ0v) is 20.7. The van der Waals surface area contributed by atoms with Crippen LogP contribution < -0.4 is 4.74 Å². The summed E-state index contributed by atoms with van der Waals surface area (Å²) in [6.07, 6.45) is 0.623. The molecule has 2 aromatic carbocycles. The third-order valence-electron chi connectivity index (χ3n) is 5.44. The molecule has 8 nitrogen and oxygen atoms in total. The van der Waals surface area contributed by atoms with Crippen molar-refractivity contribution in [2.45, 2.75) is 43.2 Å². The van der Waals surface area contributed by atoms with E-state index in [9.17, 15) is 22.0 Å². The van der Waals surface area contributed by atoms with Crippen LogP contribution in [0.15, 0.2) is 59.5 Å². The number of hydrogen-bond donors (Lipinski definition) is 0. The molecule has 180 valence electrons. The van der Waals surface area contributed by atoms with Crippen LogP contribution in [0.2, 0.25) is 5.02 Å². The molecule has 3 rings (SSSR count). The van der Waals surface area contributed by atoms with E-state index >= 15 is 0 Å². The van der Waals surface area contributed by atoms with Crippen molar-refractivity contribution in [1.82, 2.24) is 9.21 Å². The van der Waals surface area contributed by atoms with Crippen LogP contribution >= 0.6 is 11.6 Å². The van der Waals surface area contributed by atoms with Crippen LogP contribution in [-0.2, 0) is 25.9 Å². The average Bonchev–Trinajstić information content (AvgIpc) is 2.79. The van der Waals surface area contributed by atoms with E-state index in [0.717, 1.165) is 4.31 Å². The van der Waals surface area contributed by atoms with Gasteiger partial charge < -0.3 is 14.2 Å². The zero-order valence-electron chi connectivity index (χ0n) is 18.3. The molecule has 0 saturated carbocycles. The molecule has 1 fully saturated rings. The highest BCUT2D eigenvalue weighted by molar-refractivity contribution is 7.90. The van der Waals surface area contributed by atoms with E-state index in [0.29, 0.717) is 23.6 Å². The second-order valence-electron chi connectivity index (χ2n) is 8.23. The van der Waals surface area contributed by atoms with E-state index in [2.05, 4.69) is 0 Å². The van der Waals surface area contributed by atoms with Gasteiger partial charge in [-0.05, 0) is 74.2 Å². The molecule has 0 bridgehead atoms. The maximum atomic E-state index is 13.1. The van der Waals surface area contributed by atoms with Crippen LogP contribution in [0.5, 0.6) is 5.75 Å². The molecule has 2 aromatic rings. The molecule has 0 aliphatic carbocycles. The lowest BCUT2D eigenvalue weighted by atomic mass is 10.0. The highest BCUT2D eigenvalue weighted by Gasteiger charge is 2.39. The first-order valence-corrected chi connectivity index (χ1v) is 13.4. The Hall–Kier alpha value is -1.98. The number of benzene rings is 2. The molecule has 11 heteroatoms. The molecular formula is C22H26ClN2O6S2-. The van der Waals surface area contributed by atoms with E-state index in [1.165, 1.54) is 12.1 Å². The molecular weight excluding hydrogens is 488 g/mol. The number of carbonyl (C=O) groups is 1. The molecule has 0 spiro atoms. The van der Waals surface area contributed by atoms with Gasteiger partial charge in [-0.1, -0.05) is 29.8 Å². The summed E-state index contributed by atoms with van der Waals surface area (Å²) in [5.74, 6) is -0.368. The van der Waals surface area contributed by atoms with Crippen molar-refractivity contribution in [3.8, 4) is 5.75 Å². The summed E-state index contributed by atoms with van der Waals surface area (Å²) in [6, 6.07) is 13.9. The second kappa shape index (κ2) is 10.5. The molecule has 1 heterocycles. The average molecular weight is 514 g/mol. The maximum absolute atomic E-state index is 13.1. The maximum Gasteiger partial charge on any atom is 0.266 e. The number of hydrogen-bond acceptors (Lipinski definition) is 6. The van der Waals surface area contributed by atoms with Crippen LogP contribution in [0.3, 0.4) is 0 Å². The van der Waals surface area contributed by atoms with Crippen LogP contribution in [0.25, 0.3) is 0 Å². The van der Waals surface area contributed by atoms with Crippen molar-refractivity contribution in [3.63, 3.8) is 0 Å². The minimum Gasteiger partial charge on any atom is -0.771 e. The highest BCUT2D eigenvalue weighted by atomic mass is 35.5. The van der Waals surface area contributed by atoms with E-state index in [1.54, 1.807) is 61.2 Å². The van der Waals surface area contributed by atoms with Gasteiger partial charge in [0, 0.05) is 24.2 Å². The molecule has 1 unspecified atom stereocenters. The minimum atomic E-state index is -4.00. The standard InChI is InChI=1S/C22H27ClN2O6S2/c1-22(2,31-19-10-8-17(23)9-11-19)21(26)24-14-12-18(13-15-24)25(16-32(27)28)33(29,30)20-6-4-3-5-7-20/h3-11,18H,12-16H2,1-2H3,(H,27,28)/p-1. The topological polar surface area (TPSA) is 107 Å². The summed E-state index contributed by atoms with van der Waals surface area (Å²) in [7, 11) is -4.00. The largest absolute Gasteiger partial charge is 0.771 e. The number of piperidine rings is 1. The van der Waals surface area contributed by atoms with Crippen molar-refractivity contribution >= 4 is 38.6 Å². The van der Waals surface area contributed by atoms with E-state index in [4.69, 9.17) is 16.3 Å². The summed E-state index contributed by atoms with van der Waals surface area (Å²) in [5, 5.41) is 0.558. The smallest absolute Gasteiger partial charge is 0.266 e. The number of sulfonamides is 1. The van der Waals surface area contributed by atoms with Gasteiger partial charge in [0.15, 0.2) is 5.60 Å². The third kappa shape index (κ3) is 6.33. The van der Waals surface area contributed by atoms with Crippen LogP contribution in [-0.4, -0.2) is 62.9 Å². The van der Waals surface area contributed by atoms with Crippen molar-refractivity contribution in [2.75, 3.05) is 19.0 Å². The Bertz CT molecular complexity index is 1090. The molecule has 0 N–H and O–H groups in total. The molecule has 33 heavy (non-hydrogen) atoms. The summed E-state index contributed by atoms with van der Waals surface area (Å²) in [5.41, 5.74) is -1.15. The van der Waals surface area contributed by atoms with Gasteiger partial charge >= 0.3 is 0 Å². The quantitative estimate of drug-likeness (QED) is 0.502.